The van der Waals surface area contributed by atoms with Crippen molar-refractivity contribution in [2.24, 2.45) is 14.1 Å². The Hall–Kier alpha value is -2.24. The van der Waals surface area contributed by atoms with Crippen molar-refractivity contribution in [1.82, 2.24) is 24.8 Å². The second-order valence-electron chi connectivity index (χ2n) is 5.90. The molecule has 116 valence electrons. The van der Waals surface area contributed by atoms with Gasteiger partial charge in [-0.2, -0.15) is 20.1 Å². The number of allylic oxidation sites excluding steroid dienone is 1. The van der Waals surface area contributed by atoms with Crippen LogP contribution in [-0.2, 0) is 14.1 Å². The maximum absolute atomic E-state index is 12.1. The molecular formula is C16H21N5O. The van der Waals surface area contributed by atoms with Gasteiger partial charge in [0.15, 0.2) is 5.69 Å². The van der Waals surface area contributed by atoms with Crippen molar-refractivity contribution >= 4 is 11.9 Å². The number of carbonyl (C=O) groups is 1. The van der Waals surface area contributed by atoms with Crippen LogP contribution in [0.1, 0.15) is 59.8 Å². The molecule has 2 aromatic heterocycles. The molecule has 0 amide bonds. The lowest BCUT2D eigenvalue weighted by atomic mass is 9.85. The molecule has 2 heterocycles. The molecule has 0 unspecified atom stereocenters. The summed E-state index contributed by atoms with van der Waals surface area (Å²) >= 11 is 0. The maximum atomic E-state index is 12.1. The summed E-state index contributed by atoms with van der Waals surface area (Å²) in [5.74, 6) is 0.382. The first-order valence-corrected chi connectivity index (χ1v) is 7.76. The fourth-order valence-electron chi connectivity index (χ4n) is 3.06. The first kappa shape index (κ1) is 14.7. The molecule has 2 aromatic rings. The number of hydrogen-bond acceptors (Lipinski definition) is 4. The predicted octanol–water partition coefficient (Wildman–Crippen LogP) is 2.49. The lowest BCUT2D eigenvalue weighted by Gasteiger charge is -2.20. The van der Waals surface area contributed by atoms with Gasteiger partial charge in [-0.3, -0.25) is 9.48 Å². The van der Waals surface area contributed by atoms with E-state index in [0.29, 0.717) is 11.6 Å². The third-order valence-corrected chi connectivity index (χ3v) is 4.15. The zero-order valence-corrected chi connectivity index (χ0v) is 13.1. The molecule has 0 atom stereocenters. The van der Waals surface area contributed by atoms with Crippen molar-refractivity contribution in [3.8, 4) is 0 Å². The Morgan fingerprint density at radius 2 is 2.00 bits per heavy atom. The molecule has 0 aliphatic heterocycles. The Bertz CT molecular complexity index is 691. The number of rotatable bonds is 4. The Morgan fingerprint density at radius 1 is 1.23 bits per heavy atom. The van der Waals surface area contributed by atoms with E-state index in [0.717, 1.165) is 11.3 Å². The van der Waals surface area contributed by atoms with Crippen LogP contribution in [0.3, 0.4) is 0 Å². The van der Waals surface area contributed by atoms with Crippen molar-refractivity contribution in [2.75, 3.05) is 0 Å². The molecule has 1 aliphatic rings. The fourth-order valence-corrected chi connectivity index (χ4v) is 3.06. The van der Waals surface area contributed by atoms with Crippen molar-refractivity contribution in [3.05, 3.63) is 35.4 Å². The predicted molar refractivity (Wildman–Crippen MR) is 83.4 cm³/mol. The molecule has 0 bridgehead atoms. The van der Waals surface area contributed by atoms with Crippen molar-refractivity contribution in [3.63, 3.8) is 0 Å². The van der Waals surface area contributed by atoms with Crippen LogP contribution in [0.25, 0.3) is 6.08 Å². The van der Waals surface area contributed by atoms with Crippen molar-refractivity contribution in [1.29, 1.82) is 0 Å². The Morgan fingerprint density at radius 3 is 2.68 bits per heavy atom. The van der Waals surface area contributed by atoms with Crippen LogP contribution in [0.2, 0.25) is 0 Å². The van der Waals surface area contributed by atoms with E-state index in [1.54, 1.807) is 13.1 Å². The average Bonchev–Trinajstić information content (AvgIpc) is 3.12. The van der Waals surface area contributed by atoms with Crippen LogP contribution in [-0.4, -0.2) is 30.6 Å². The average molecular weight is 299 g/mol. The summed E-state index contributed by atoms with van der Waals surface area (Å²) in [5.41, 5.74) is 2.51. The van der Waals surface area contributed by atoms with Gasteiger partial charge in [0.1, 0.15) is 0 Å². The first-order valence-electron chi connectivity index (χ1n) is 7.76. The first-order chi connectivity index (χ1) is 10.6. The monoisotopic (exact) mass is 299 g/mol. The highest BCUT2D eigenvalue weighted by molar-refractivity contribution is 6.05. The van der Waals surface area contributed by atoms with Gasteiger partial charge in [-0.1, -0.05) is 19.3 Å². The van der Waals surface area contributed by atoms with Crippen LogP contribution in [0.15, 0.2) is 18.5 Å². The van der Waals surface area contributed by atoms with Crippen LogP contribution in [0, 0.1) is 0 Å². The van der Waals surface area contributed by atoms with Gasteiger partial charge in [0, 0.05) is 31.8 Å². The van der Waals surface area contributed by atoms with Gasteiger partial charge in [-0.15, -0.1) is 0 Å². The van der Waals surface area contributed by atoms with E-state index in [1.807, 2.05) is 24.0 Å². The highest BCUT2D eigenvalue weighted by Gasteiger charge is 2.20. The number of ketones is 1. The summed E-state index contributed by atoms with van der Waals surface area (Å²) in [5, 5.41) is 12.6. The minimum absolute atomic E-state index is 0.133. The van der Waals surface area contributed by atoms with E-state index < -0.39 is 0 Å². The number of nitrogens with zero attached hydrogens (tertiary/aromatic N) is 5. The molecule has 0 aromatic carbocycles. The van der Waals surface area contributed by atoms with E-state index in [2.05, 4.69) is 15.3 Å². The van der Waals surface area contributed by atoms with E-state index in [-0.39, 0.29) is 5.78 Å². The number of aromatic nitrogens is 5. The van der Waals surface area contributed by atoms with E-state index in [4.69, 9.17) is 0 Å². The third kappa shape index (κ3) is 3.16. The summed E-state index contributed by atoms with van der Waals surface area (Å²) in [7, 11) is 3.62. The zero-order chi connectivity index (χ0) is 15.5. The van der Waals surface area contributed by atoms with Gasteiger partial charge in [-0.25, -0.2) is 0 Å². The second-order valence-corrected chi connectivity index (χ2v) is 5.90. The highest BCUT2D eigenvalue weighted by atomic mass is 16.1. The lowest BCUT2D eigenvalue weighted by Crippen LogP contribution is -2.07. The molecule has 0 N–H and O–H groups in total. The van der Waals surface area contributed by atoms with Crippen LogP contribution in [0.4, 0.5) is 0 Å². The normalized spacial score (nSPS) is 16.5. The van der Waals surface area contributed by atoms with Crippen LogP contribution in [0.5, 0.6) is 0 Å². The van der Waals surface area contributed by atoms with Gasteiger partial charge >= 0.3 is 0 Å². The molecular weight excluding hydrogens is 278 g/mol. The Kier molecular flexibility index (Phi) is 4.18. The smallest absolute Gasteiger partial charge is 0.207 e. The molecule has 1 fully saturated rings. The maximum Gasteiger partial charge on any atom is 0.207 e. The lowest BCUT2D eigenvalue weighted by molar-refractivity contribution is 0.104. The van der Waals surface area contributed by atoms with Gasteiger partial charge < -0.3 is 0 Å². The molecule has 3 rings (SSSR count). The standard InChI is InChI=1S/C16H21N5O/c1-20-11-13(16(19-20)12-6-4-3-5-7-12)8-9-15(22)14-10-17-21(2)18-14/h8-12H,3-7H2,1-2H3. The van der Waals surface area contributed by atoms with Crippen molar-refractivity contribution < 1.29 is 4.79 Å². The zero-order valence-electron chi connectivity index (χ0n) is 13.1. The minimum Gasteiger partial charge on any atom is -0.287 e. The topological polar surface area (TPSA) is 65.6 Å². The summed E-state index contributed by atoms with van der Waals surface area (Å²) in [4.78, 5) is 13.5. The minimum atomic E-state index is -0.133. The molecule has 1 aliphatic carbocycles. The van der Waals surface area contributed by atoms with Gasteiger partial charge in [0.05, 0.1) is 11.9 Å². The number of aryl methyl sites for hydroxylation is 2. The fraction of sp³-hybridized carbons (Fsp3) is 0.500. The van der Waals surface area contributed by atoms with Crippen molar-refractivity contribution in [2.45, 2.75) is 38.0 Å². The third-order valence-electron chi connectivity index (χ3n) is 4.15. The molecule has 1 saturated carbocycles. The highest BCUT2D eigenvalue weighted by Crippen LogP contribution is 2.33. The van der Waals surface area contributed by atoms with E-state index in [9.17, 15) is 4.79 Å². The second kappa shape index (κ2) is 6.25. The summed E-state index contributed by atoms with van der Waals surface area (Å²) in [6, 6.07) is 0. The molecule has 6 heteroatoms. The van der Waals surface area contributed by atoms with E-state index >= 15 is 0 Å². The number of carbonyl (C=O) groups excluding carboxylic acids is 1. The van der Waals surface area contributed by atoms with Crippen LogP contribution >= 0.6 is 0 Å². The molecule has 0 radical (unpaired) electrons. The van der Waals surface area contributed by atoms with Gasteiger partial charge in [-0.05, 0) is 25.0 Å². The summed E-state index contributed by atoms with van der Waals surface area (Å²) < 4.78 is 1.83. The largest absolute Gasteiger partial charge is 0.287 e. The van der Waals surface area contributed by atoms with Gasteiger partial charge in [0.2, 0.25) is 5.78 Å². The van der Waals surface area contributed by atoms with E-state index in [1.165, 1.54) is 43.1 Å². The molecule has 0 spiro atoms. The summed E-state index contributed by atoms with van der Waals surface area (Å²) in [6.07, 6.45) is 13.1. The number of hydrogen-bond donors (Lipinski definition) is 0. The quantitative estimate of drug-likeness (QED) is 0.642. The van der Waals surface area contributed by atoms with Gasteiger partial charge in [0.25, 0.3) is 0 Å². The SMILES string of the molecule is Cn1cc(C=CC(=O)c2cnn(C)n2)c(C2CCCCC2)n1. The molecule has 0 saturated heterocycles. The summed E-state index contributed by atoms with van der Waals surface area (Å²) in [6.45, 7) is 0. The Balaban J connectivity index is 1.79. The molecule has 6 nitrogen and oxygen atoms in total. The Labute approximate surface area is 129 Å². The molecule has 22 heavy (non-hydrogen) atoms. The van der Waals surface area contributed by atoms with Crippen LogP contribution < -0.4 is 0 Å².